The van der Waals surface area contributed by atoms with Crippen molar-refractivity contribution in [3.63, 3.8) is 0 Å². The lowest BCUT2D eigenvalue weighted by Crippen LogP contribution is -2.17. The Morgan fingerprint density at radius 2 is 2.10 bits per heavy atom. The molecule has 8 heteroatoms. The van der Waals surface area contributed by atoms with Gasteiger partial charge >= 0.3 is 0 Å². The molecule has 1 heterocycles. The molecule has 0 amide bonds. The summed E-state index contributed by atoms with van der Waals surface area (Å²) in [6.45, 7) is 1.70. The molecule has 2 rings (SSSR count). The van der Waals surface area contributed by atoms with E-state index in [1.165, 1.54) is 18.3 Å². The number of pyridine rings is 1. The van der Waals surface area contributed by atoms with Gasteiger partial charge in [-0.25, -0.2) is 17.8 Å². The zero-order chi connectivity index (χ0) is 14.9. The van der Waals surface area contributed by atoms with Crippen LogP contribution >= 0.6 is 15.9 Å². The summed E-state index contributed by atoms with van der Waals surface area (Å²) >= 11 is 3.23. The highest BCUT2D eigenvalue weighted by Crippen LogP contribution is 2.25. The predicted molar refractivity (Wildman–Crippen MR) is 78.3 cm³/mol. The number of nitrogens with two attached hydrogens (primary N) is 1. The summed E-state index contributed by atoms with van der Waals surface area (Å²) in [5.74, 6) is -0.620. The minimum Gasteiger partial charge on any atom is -0.395 e. The minimum absolute atomic E-state index is 0.164. The Morgan fingerprint density at radius 1 is 1.40 bits per heavy atom. The normalized spacial score (nSPS) is 11.3. The van der Waals surface area contributed by atoms with Gasteiger partial charge in [0.15, 0.2) is 0 Å². The maximum atomic E-state index is 13.3. The van der Waals surface area contributed by atoms with Crippen molar-refractivity contribution in [2.75, 3.05) is 10.5 Å². The SMILES string of the molecule is Cc1cc(Br)cnc1NS(=O)(=O)c1cccc(F)c1N. The van der Waals surface area contributed by atoms with Crippen molar-refractivity contribution in [1.82, 2.24) is 4.98 Å². The number of anilines is 2. The molecule has 0 bridgehead atoms. The maximum Gasteiger partial charge on any atom is 0.265 e. The molecule has 0 saturated heterocycles. The van der Waals surface area contributed by atoms with Gasteiger partial charge in [0.25, 0.3) is 10.0 Å². The van der Waals surface area contributed by atoms with Gasteiger partial charge < -0.3 is 5.73 Å². The highest BCUT2D eigenvalue weighted by molar-refractivity contribution is 9.10. The molecule has 0 atom stereocenters. The van der Waals surface area contributed by atoms with Crippen LogP contribution in [0.1, 0.15) is 5.56 Å². The van der Waals surface area contributed by atoms with Crippen LogP contribution < -0.4 is 10.5 Å². The first kappa shape index (κ1) is 14.7. The first-order chi connectivity index (χ1) is 9.31. The summed E-state index contributed by atoms with van der Waals surface area (Å²) in [6.07, 6.45) is 1.46. The second kappa shape index (κ2) is 5.37. The fourth-order valence-corrected chi connectivity index (χ4v) is 3.25. The first-order valence-corrected chi connectivity index (χ1v) is 7.78. The third-order valence-electron chi connectivity index (χ3n) is 2.58. The number of hydrogen-bond donors (Lipinski definition) is 2. The molecule has 0 aliphatic heterocycles. The van der Waals surface area contributed by atoms with Crippen LogP contribution in [-0.2, 0) is 10.0 Å². The highest BCUT2D eigenvalue weighted by Gasteiger charge is 2.20. The average molecular weight is 360 g/mol. The Hall–Kier alpha value is -1.67. The standard InChI is InChI=1S/C12H11BrFN3O2S/c1-7-5-8(13)6-16-12(7)17-20(18,19)10-4-2-3-9(14)11(10)15/h2-6H,15H2,1H3,(H,16,17). The number of aromatic nitrogens is 1. The molecular weight excluding hydrogens is 349 g/mol. The first-order valence-electron chi connectivity index (χ1n) is 5.50. The van der Waals surface area contributed by atoms with Crippen LogP contribution in [-0.4, -0.2) is 13.4 Å². The van der Waals surface area contributed by atoms with Crippen molar-refractivity contribution < 1.29 is 12.8 Å². The second-order valence-corrected chi connectivity index (χ2v) is 6.64. The van der Waals surface area contributed by atoms with Crippen LogP contribution in [0.4, 0.5) is 15.9 Å². The number of rotatable bonds is 3. The lowest BCUT2D eigenvalue weighted by molar-refractivity contribution is 0.597. The predicted octanol–water partition coefficient (Wildman–Crippen LogP) is 2.67. The summed E-state index contributed by atoms with van der Waals surface area (Å²) in [6, 6.07) is 5.31. The summed E-state index contributed by atoms with van der Waals surface area (Å²) < 4.78 is 40.8. The lowest BCUT2D eigenvalue weighted by Gasteiger charge is -2.11. The molecule has 2 aromatic rings. The zero-order valence-corrected chi connectivity index (χ0v) is 12.8. The van der Waals surface area contributed by atoms with Gasteiger partial charge in [-0.05, 0) is 46.6 Å². The van der Waals surface area contributed by atoms with Gasteiger partial charge in [-0.3, -0.25) is 4.72 Å². The van der Waals surface area contributed by atoms with E-state index in [0.29, 0.717) is 5.56 Å². The Morgan fingerprint density at radius 3 is 2.75 bits per heavy atom. The summed E-state index contributed by atoms with van der Waals surface area (Å²) in [5.41, 5.74) is 5.66. The van der Waals surface area contributed by atoms with Crippen LogP contribution in [0, 0.1) is 12.7 Å². The third kappa shape index (κ3) is 2.91. The molecule has 0 spiro atoms. The molecule has 3 N–H and O–H groups in total. The third-order valence-corrected chi connectivity index (χ3v) is 4.41. The van der Waals surface area contributed by atoms with E-state index in [2.05, 4.69) is 25.6 Å². The van der Waals surface area contributed by atoms with Gasteiger partial charge in [-0.2, -0.15) is 0 Å². The van der Waals surface area contributed by atoms with Gasteiger partial charge in [0.05, 0.1) is 5.69 Å². The van der Waals surface area contributed by atoms with Gasteiger partial charge in [0.2, 0.25) is 0 Å². The summed E-state index contributed by atoms with van der Waals surface area (Å²) in [4.78, 5) is 3.65. The Bertz CT molecular complexity index is 765. The molecule has 106 valence electrons. The number of benzene rings is 1. The Balaban J connectivity index is 2.44. The van der Waals surface area contributed by atoms with Crippen LogP contribution in [0.3, 0.4) is 0 Å². The number of aryl methyl sites for hydroxylation is 1. The number of sulfonamides is 1. The van der Waals surface area contributed by atoms with E-state index >= 15 is 0 Å². The van der Waals surface area contributed by atoms with Crippen molar-refractivity contribution in [3.8, 4) is 0 Å². The molecule has 0 fully saturated rings. The molecule has 0 unspecified atom stereocenters. The maximum absolute atomic E-state index is 13.3. The number of nitrogens with zero attached hydrogens (tertiary/aromatic N) is 1. The molecule has 1 aromatic heterocycles. The molecule has 0 aliphatic rings. The number of halogens is 2. The van der Waals surface area contributed by atoms with Gasteiger partial charge in [0.1, 0.15) is 16.5 Å². The van der Waals surface area contributed by atoms with Crippen molar-refractivity contribution in [3.05, 3.63) is 46.3 Å². The quantitative estimate of drug-likeness (QED) is 0.825. The van der Waals surface area contributed by atoms with E-state index in [0.717, 1.165) is 10.5 Å². The summed E-state index contributed by atoms with van der Waals surface area (Å²) in [7, 11) is -3.99. The van der Waals surface area contributed by atoms with Crippen LogP contribution in [0.15, 0.2) is 39.8 Å². The van der Waals surface area contributed by atoms with E-state index in [1.807, 2.05) is 0 Å². The molecule has 0 aliphatic carbocycles. The van der Waals surface area contributed by atoms with E-state index in [-0.39, 0.29) is 10.7 Å². The fourth-order valence-electron chi connectivity index (χ4n) is 1.58. The number of para-hydroxylation sites is 1. The molecule has 5 nitrogen and oxygen atoms in total. The zero-order valence-electron chi connectivity index (χ0n) is 10.4. The minimum atomic E-state index is -3.99. The molecular formula is C12H11BrFN3O2S. The van der Waals surface area contributed by atoms with Gasteiger partial charge in [0, 0.05) is 10.7 Å². The monoisotopic (exact) mass is 359 g/mol. The molecule has 0 radical (unpaired) electrons. The average Bonchev–Trinajstić information content (AvgIpc) is 2.36. The fraction of sp³-hybridized carbons (Fsp3) is 0.0833. The van der Waals surface area contributed by atoms with Crippen molar-refractivity contribution in [1.29, 1.82) is 0 Å². The smallest absolute Gasteiger partial charge is 0.265 e. The van der Waals surface area contributed by atoms with E-state index in [1.54, 1.807) is 13.0 Å². The van der Waals surface area contributed by atoms with E-state index in [9.17, 15) is 12.8 Å². The summed E-state index contributed by atoms with van der Waals surface area (Å²) in [5, 5.41) is 0. The van der Waals surface area contributed by atoms with Crippen LogP contribution in [0.2, 0.25) is 0 Å². The molecule has 0 saturated carbocycles. The van der Waals surface area contributed by atoms with Crippen molar-refractivity contribution in [2.24, 2.45) is 0 Å². The number of hydrogen-bond acceptors (Lipinski definition) is 4. The van der Waals surface area contributed by atoms with Crippen molar-refractivity contribution in [2.45, 2.75) is 11.8 Å². The molecule has 20 heavy (non-hydrogen) atoms. The number of nitrogens with one attached hydrogen (secondary N) is 1. The Labute approximate surface area is 124 Å². The van der Waals surface area contributed by atoms with Crippen LogP contribution in [0.25, 0.3) is 0 Å². The largest absolute Gasteiger partial charge is 0.395 e. The Kier molecular flexibility index (Phi) is 3.96. The van der Waals surface area contributed by atoms with Crippen molar-refractivity contribution >= 4 is 37.5 Å². The number of nitrogen functional groups attached to an aromatic ring is 1. The van der Waals surface area contributed by atoms with Gasteiger partial charge in [-0.15, -0.1) is 0 Å². The topological polar surface area (TPSA) is 85.1 Å². The lowest BCUT2D eigenvalue weighted by atomic mass is 10.3. The second-order valence-electron chi connectivity index (χ2n) is 4.08. The van der Waals surface area contributed by atoms with Gasteiger partial charge in [-0.1, -0.05) is 6.07 Å². The van der Waals surface area contributed by atoms with E-state index < -0.39 is 21.5 Å². The van der Waals surface area contributed by atoms with E-state index in [4.69, 9.17) is 5.73 Å². The van der Waals surface area contributed by atoms with Crippen LogP contribution in [0.5, 0.6) is 0 Å². The molecule has 1 aromatic carbocycles. The highest BCUT2D eigenvalue weighted by atomic mass is 79.9.